The number of nitrogens with zero attached hydrogens (tertiary/aromatic N) is 2. The van der Waals surface area contributed by atoms with Crippen molar-refractivity contribution in [3.05, 3.63) is 120 Å². The first-order valence-electron chi connectivity index (χ1n) is 10.2. The van der Waals surface area contributed by atoms with E-state index < -0.39 is 11.9 Å². The zero-order chi connectivity index (χ0) is 24.5. The molecule has 0 saturated heterocycles. The van der Waals surface area contributed by atoms with Crippen molar-refractivity contribution in [2.45, 2.75) is 0 Å². The van der Waals surface area contributed by atoms with E-state index in [9.17, 15) is 10.2 Å². The molecule has 35 heavy (non-hydrogen) atoms. The van der Waals surface area contributed by atoms with E-state index in [4.69, 9.17) is 21.7 Å². The minimum atomic E-state index is -0.751. The average Bonchev–Trinajstić information content (AvgIpc) is 2.83. The number of allylic oxidation sites excluding steroid dienone is 10. The van der Waals surface area contributed by atoms with E-state index in [1.807, 2.05) is 24.3 Å². The van der Waals surface area contributed by atoms with Gasteiger partial charge in [-0.1, -0.05) is 48.6 Å². The Kier molecular flexibility index (Phi) is 9.81. The van der Waals surface area contributed by atoms with Gasteiger partial charge in [0, 0.05) is 0 Å². The Balaban J connectivity index is 0.000000240. The number of nitrogens with two attached hydrogens (primary N) is 2. The Morgan fingerprint density at radius 3 is 1.29 bits per heavy atom. The zero-order valence-corrected chi connectivity index (χ0v) is 21.8. The number of anilines is 2. The van der Waals surface area contributed by atoms with Gasteiger partial charge in [-0.05, 0) is 48.6 Å². The van der Waals surface area contributed by atoms with Crippen LogP contribution in [0.3, 0.4) is 0 Å². The third-order valence-electron chi connectivity index (χ3n) is 4.65. The molecule has 0 bridgehead atoms. The Morgan fingerprint density at radius 1 is 0.600 bits per heavy atom. The number of para-hydroxylation sites is 4. The number of rotatable bonds is 2. The van der Waals surface area contributed by atoms with Crippen LogP contribution >= 0.6 is 0 Å². The SMILES string of the molecule is Nc1ccccc1N=C1C=CC=C/C1=C(/[O-])[OH2+].Nc1ccccc1N=C1C=CC=C/C1=C(/[O-])[OH2+].[Zn+2]. The van der Waals surface area contributed by atoms with Crippen LogP contribution in [-0.2, 0) is 19.5 Å². The van der Waals surface area contributed by atoms with Gasteiger partial charge in [-0.15, -0.1) is 0 Å². The number of hydrogen-bond donors (Lipinski definition) is 2. The Labute approximate surface area is 215 Å². The topological polar surface area (TPSA) is 169 Å². The molecule has 0 saturated carbocycles. The molecule has 0 atom stereocenters. The van der Waals surface area contributed by atoms with Crippen LogP contribution in [0.25, 0.3) is 0 Å². The molecular weight excluding hydrogens is 498 g/mol. The van der Waals surface area contributed by atoms with Crippen molar-refractivity contribution in [1.29, 1.82) is 0 Å². The number of benzene rings is 2. The summed E-state index contributed by atoms with van der Waals surface area (Å²) in [5.74, 6) is -1.50. The van der Waals surface area contributed by atoms with Gasteiger partial charge in [-0.25, -0.2) is 20.2 Å². The first-order chi connectivity index (χ1) is 16.4. The second kappa shape index (κ2) is 12.8. The molecule has 0 unspecified atom stereocenters. The Hall–Kier alpha value is -4.36. The van der Waals surface area contributed by atoms with Gasteiger partial charge in [0.25, 0.3) is 0 Å². The molecule has 172 valence electrons. The molecule has 0 spiro atoms. The van der Waals surface area contributed by atoms with Gasteiger partial charge in [0.1, 0.15) is 0 Å². The first kappa shape index (κ1) is 26.9. The van der Waals surface area contributed by atoms with Crippen LogP contribution in [0.2, 0.25) is 0 Å². The van der Waals surface area contributed by atoms with E-state index in [2.05, 4.69) is 9.98 Å². The standard InChI is InChI=1S/2C13H12N2O2.Zn/c2*14-10-6-2-4-8-12(10)15-11-7-3-1-5-9(11)13(16)17;/h2*1-8,16-17H,14H2;/q;;+2. The molecule has 2 aliphatic carbocycles. The quantitative estimate of drug-likeness (QED) is 0.264. The molecule has 0 aliphatic heterocycles. The van der Waals surface area contributed by atoms with Crippen LogP contribution in [0.1, 0.15) is 0 Å². The molecule has 9 heteroatoms. The predicted molar refractivity (Wildman–Crippen MR) is 134 cm³/mol. The third-order valence-corrected chi connectivity index (χ3v) is 4.65. The third kappa shape index (κ3) is 7.32. The minimum absolute atomic E-state index is 0. The molecule has 2 aromatic rings. The second-order valence-electron chi connectivity index (χ2n) is 7.03. The van der Waals surface area contributed by atoms with Gasteiger partial charge in [-0.3, -0.25) is 0 Å². The number of hydrogen-bond acceptors (Lipinski definition) is 6. The monoisotopic (exact) mass is 520 g/mol. The summed E-state index contributed by atoms with van der Waals surface area (Å²) < 4.78 is 0. The first-order valence-corrected chi connectivity index (χ1v) is 10.2. The summed E-state index contributed by atoms with van der Waals surface area (Å²) in [5, 5.41) is 36.5. The summed E-state index contributed by atoms with van der Waals surface area (Å²) in [6, 6.07) is 14.3. The molecule has 0 radical (unpaired) electrons. The Morgan fingerprint density at radius 2 is 0.943 bits per heavy atom. The summed E-state index contributed by atoms with van der Waals surface area (Å²) in [5.41, 5.74) is 15.3. The van der Waals surface area contributed by atoms with E-state index in [1.54, 1.807) is 72.9 Å². The van der Waals surface area contributed by atoms with Crippen LogP contribution in [0, 0.1) is 0 Å². The fourth-order valence-electron chi connectivity index (χ4n) is 2.96. The zero-order valence-electron chi connectivity index (χ0n) is 18.8. The number of aliphatic imine (C=N–C) groups is 2. The van der Waals surface area contributed by atoms with Crippen molar-refractivity contribution < 1.29 is 39.9 Å². The van der Waals surface area contributed by atoms with Gasteiger partial charge < -0.3 is 21.7 Å². The average molecular weight is 522 g/mol. The van der Waals surface area contributed by atoms with Crippen molar-refractivity contribution in [2.24, 2.45) is 9.98 Å². The maximum absolute atomic E-state index is 11.1. The number of nitrogen functional groups attached to an aromatic ring is 2. The molecule has 0 heterocycles. The Bertz CT molecular complexity index is 1210. The maximum Gasteiger partial charge on any atom is 2.00 e. The van der Waals surface area contributed by atoms with E-state index >= 15 is 0 Å². The van der Waals surface area contributed by atoms with E-state index in [1.165, 1.54) is 0 Å². The molecule has 2 aliphatic rings. The fourth-order valence-corrected chi connectivity index (χ4v) is 2.96. The van der Waals surface area contributed by atoms with Crippen molar-refractivity contribution >= 4 is 34.2 Å². The molecule has 0 aromatic heterocycles. The van der Waals surface area contributed by atoms with Crippen LogP contribution in [0.15, 0.2) is 130 Å². The van der Waals surface area contributed by atoms with Gasteiger partial charge in [-0.2, -0.15) is 0 Å². The normalized spacial score (nSPS) is 19.1. The summed E-state index contributed by atoms with van der Waals surface area (Å²) in [7, 11) is 0. The van der Waals surface area contributed by atoms with Gasteiger partial charge in [0.15, 0.2) is 0 Å². The minimum Gasteiger partial charge on any atom is -0.615 e. The van der Waals surface area contributed by atoms with Crippen LogP contribution in [0.5, 0.6) is 0 Å². The molecule has 0 fully saturated rings. The molecule has 2 aromatic carbocycles. The second-order valence-corrected chi connectivity index (χ2v) is 7.03. The van der Waals surface area contributed by atoms with Gasteiger partial charge in [0.05, 0.1) is 45.3 Å². The van der Waals surface area contributed by atoms with Crippen molar-refractivity contribution in [3.8, 4) is 0 Å². The van der Waals surface area contributed by atoms with Crippen molar-refractivity contribution in [1.82, 2.24) is 0 Å². The van der Waals surface area contributed by atoms with E-state index in [-0.39, 0.29) is 30.6 Å². The van der Waals surface area contributed by atoms with E-state index in [0.717, 1.165) is 0 Å². The van der Waals surface area contributed by atoms with Crippen LogP contribution < -0.4 is 21.7 Å². The summed E-state index contributed by atoms with van der Waals surface area (Å²) >= 11 is 0. The molecular formula is C26H24N4O4Zn+2. The smallest absolute Gasteiger partial charge is 0.615 e. The van der Waals surface area contributed by atoms with Gasteiger partial charge in [0.2, 0.25) is 0 Å². The van der Waals surface area contributed by atoms with Crippen LogP contribution in [-0.4, -0.2) is 21.6 Å². The maximum atomic E-state index is 11.1. The molecule has 8 nitrogen and oxygen atoms in total. The summed E-state index contributed by atoms with van der Waals surface area (Å²) in [6.07, 6.45) is 13.5. The van der Waals surface area contributed by atoms with Crippen molar-refractivity contribution in [3.63, 3.8) is 0 Å². The predicted octanol–water partition coefficient (Wildman–Crippen LogP) is 1.53. The molecule has 4 rings (SSSR count). The van der Waals surface area contributed by atoms with E-state index in [0.29, 0.717) is 34.2 Å². The summed E-state index contributed by atoms with van der Waals surface area (Å²) in [4.78, 5) is 8.59. The summed E-state index contributed by atoms with van der Waals surface area (Å²) in [6.45, 7) is 0. The van der Waals surface area contributed by atoms with Crippen LogP contribution in [0.4, 0.5) is 22.7 Å². The van der Waals surface area contributed by atoms with Crippen molar-refractivity contribution in [2.75, 3.05) is 11.5 Å². The largest absolute Gasteiger partial charge is 2.00 e. The molecule has 0 amide bonds. The molecule has 8 N–H and O–H groups in total. The van der Waals surface area contributed by atoms with Gasteiger partial charge >= 0.3 is 31.4 Å². The fraction of sp³-hybridized carbons (Fsp3) is 0.